The molecule has 2 nitrogen and oxygen atoms in total. The summed E-state index contributed by atoms with van der Waals surface area (Å²) in [4.78, 5) is 0. The fraction of sp³-hybridized carbons (Fsp3) is 0.625. The number of nitrogens with one attached hydrogen (secondary N) is 1. The van der Waals surface area contributed by atoms with Crippen LogP contribution in [0, 0.1) is 19.8 Å². The topological polar surface area (TPSA) is 21.3 Å². The Hall–Kier alpha value is -0.860. The van der Waals surface area contributed by atoms with Crippen LogP contribution < -0.4 is 5.32 Å². The molecule has 2 rings (SSSR count). The minimum absolute atomic E-state index is 0.0703. The largest absolute Gasteiger partial charge is 0.364 e. The Morgan fingerprint density at radius 2 is 2.06 bits per heavy atom. The lowest BCUT2D eigenvalue weighted by atomic mass is 9.89. The van der Waals surface area contributed by atoms with E-state index in [1.165, 1.54) is 16.7 Å². The summed E-state index contributed by atoms with van der Waals surface area (Å²) in [7, 11) is 0. The number of rotatable bonds is 2. The third kappa shape index (κ3) is 2.45. The molecule has 0 amide bonds. The van der Waals surface area contributed by atoms with Crippen molar-refractivity contribution >= 4 is 0 Å². The van der Waals surface area contributed by atoms with Crippen LogP contribution >= 0.6 is 0 Å². The Labute approximate surface area is 111 Å². The van der Waals surface area contributed by atoms with Crippen LogP contribution in [0.4, 0.5) is 0 Å². The van der Waals surface area contributed by atoms with Gasteiger partial charge in [0.1, 0.15) is 0 Å². The summed E-state index contributed by atoms with van der Waals surface area (Å²) in [6.07, 6.45) is 0.172. The van der Waals surface area contributed by atoms with Crippen LogP contribution in [-0.2, 0) is 4.74 Å². The van der Waals surface area contributed by atoms with Gasteiger partial charge in [-0.05, 0) is 43.4 Å². The quantitative estimate of drug-likeness (QED) is 0.865. The first-order valence-electron chi connectivity index (χ1n) is 6.88. The summed E-state index contributed by atoms with van der Waals surface area (Å²) >= 11 is 0. The summed E-state index contributed by atoms with van der Waals surface area (Å²) in [6, 6.07) is 6.49. The molecule has 1 aliphatic rings. The zero-order valence-corrected chi connectivity index (χ0v) is 12.2. The molecule has 0 aromatic heterocycles. The minimum Gasteiger partial charge on any atom is -0.364 e. The number of benzene rings is 1. The van der Waals surface area contributed by atoms with Gasteiger partial charge in [0.15, 0.2) is 0 Å². The summed E-state index contributed by atoms with van der Waals surface area (Å²) in [5.41, 5.74) is 3.96. The molecule has 2 heteroatoms. The molecule has 1 aromatic rings. The average Bonchev–Trinajstić information content (AvgIpc) is 2.32. The molecule has 0 spiro atoms. The molecule has 2 unspecified atom stereocenters. The molecule has 1 saturated heterocycles. The van der Waals surface area contributed by atoms with E-state index >= 15 is 0 Å². The van der Waals surface area contributed by atoms with Crippen LogP contribution in [0.2, 0.25) is 0 Å². The summed E-state index contributed by atoms with van der Waals surface area (Å²) in [5, 5.41) is 3.53. The van der Waals surface area contributed by atoms with Crippen LogP contribution in [0.5, 0.6) is 0 Å². The highest BCUT2D eigenvalue weighted by molar-refractivity contribution is 5.35. The minimum atomic E-state index is -0.0703. The number of hydrogen-bond donors (Lipinski definition) is 1. The van der Waals surface area contributed by atoms with Gasteiger partial charge >= 0.3 is 0 Å². The van der Waals surface area contributed by atoms with Crippen LogP contribution in [0.25, 0.3) is 0 Å². The average molecular weight is 247 g/mol. The lowest BCUT2D eigenvalue weighted by Gasteiger charge is -2.42. The predicted molar refractivity (Wildman–Crippen MR) is 75.9 cm³/mol. The zero-order chi connectivity index (χ0) is 13.3. The maximum absolute atomic E-state index is 6.39. The van der Waals surface area contributed by atoms with Gasteiger partial charge in [-0.15, -0.1) is 0 Å². The highest BCUT2D eigenvalue weighted by Crippen LogP contribution is 2.33. The first-order chi connectivity index (χ1) is 8.44. The smallest absolute Gasteiger partial charge is 0.0960 e. The van der Waals surface area contributed by atoms with E-state index in [1.54, 1.807) is 0 Å². The van der Waals surface area contributed by atoms with Gasteiger partial charge in [0, 0.05) is 13.1 Å². The fourth-order valence-corrected chi connectivity index (χ4v) is 2.50. The molecule has 0 saturated carbocycles. The molecule has 100 valence electrons. The van der Waals surface area contributed by atoms with Gasteiger partial charge in [-0.3, -0.25) is 0 Å². The van der Waals surface area contributed by atoms with Crippen molar-refractivity contribution in [3.63, 3.8) is 0 Å². The molecular formula is C16H25NO. The Kier molecular flexibility index (Phi) is 3.79. The standard InChI is InChI=1S/C16H25NO/c1-11(2)16(5)10-17-9-15(18-16)14-8-6-7-12(3)13(14)4/h6-8,11,15,17H,9-10H2,1-5H3. The van der Waals surface area contributed by atoms with Gasteiger partial charge in [-0.2, -0.15) is 0 Å². The number of hydrogen-bond acceptors (Lipinski definition) is 2. The van der Waals surface area contributed by atoms with Crippen molar-refractivity contribution in [3.8, 4) is 0 Å². The van der Waals surface area contributed by atoms with Crippen molar-refractivity contribution in [2.45, 2.75) is 46.3 Å². The third-order valence-corrected chi connectivity index (χ3v) is 4.43. The van der Waals surface area contributed by atoms with E-state index < -0.39 is 0 Å². The molecule has 0 radical (unpaired) electrons. The highest BCUT2D eigenvalue weighted by atomic mass is 16.5. The molecule has 18 heavy (non-hydrogen) atoms. The SMILES string of the molecule is Cc1cccc(C2CNCC(C)(C(C)C)O2)c1C. The van der Waals surface area contributed by atoms with Crippen molar-refractivity contribution in [2.75, 3.05) is 13.1 Å². The second kappa shape index (κ2) is 5.02. The lowest BCUT2D eigenvalue weighted by molar-refractivity contribution is -0.132. The number of morpholine rings is 1. The summed E-state index contributed by atoms with van der Waals surface area (Å²) < 4.78 is 6.39. The highest BCUT2D eigenvalue weighted by Gasteiger charge is 2.36. The molecule has 2 atom stereocenters. The zero-order valence-electron chi connectivity index (χ0n) is 12.2. The van der Waals surface area contributed by atoms with Crippen molar-refractivity contribution in [1.29, 1.82) is 0 Å². The third-order valence-electron chi connectivity index (χ3n) is 4.43. The Balaban J connectivity index is 2.26. The molecule has 1 aliphatic heterocycles. The van der Waals surface area contributed by atoms with Crippen molar-refractivity contribution in [1.82, 2.24) is 5.32 Å². The van der Waals surface area contributed by atoms with E-state index in [1.807, 2.05) is 0 Å². The van der Waals surface area contributed by atoms with E-state index in [0.29, 0.717) is 5.92 Å². The second-order valence-corrected chi connectivity index (χ2v) is 5.99. The Morgan fingerprint density at radius 3 is 2.72 bits per heavy atom. The molecule has 0 aliphatic carbocycles. The van der Waals surface area contributed by atoms with E-state index in [9.17, 15) is 0 Å². The first-order valence-corrected chi connectivity index (χ1v) is 6.88. The molecule has 1 heterocycles. The van der Waals surface area contributed by atoms with Crippen LogP contribution in [0.15, 0.2) is 18.2 Å². The predicted octanol–water partition coefficient (Wildman–Crippen LogP) is 3.38. The van der Waals surface area contributed by atoms with E-state index in [-0.39, 0.29) is 11.7 Å². The molecule has 0 bridgehead atoms. The van der Waals surface area contributed by atoms with Crippen LogP contribution in [-0.4, -0.2) is 18.7 Å². The van der Waals surface area contributed by atoms with Crippen molar-refractivity contribution in [2.24, 2.45) is 5.92 Å². The normalized spacial score (nSPS) is 28.7. The second-order valence-electron chi connectivity index (χ2n) is 5.99. The number of aryl methyl sites for hydroxylation is 1. The molecule has 1 N–H and O–H groups in total. The van der Waals surface area contributed by atoms with Crippen LogP contribution in [0.3, 0.4) is 0 Å². The van der Waals surface area contributed by atoms with Crippen molar-refractivity contribution in [3.05, 3.63) is 34.9 Å². The monoisotopic (exact) mass is 247 g/mol. The van der Waals surface area contributed by atoms with E-state index in [4.69, 9.17) is 4.74 Å². The number of ether oxygens (including phenoxy) is 1. The summed E-state index contributed by atoms with van der Waals surface area (Å²) in [6.45, 7) is 12.9. The van der Waals surface area contributed by atoms with E-state index in [2.05, 4.69) is 58.1 Å². The fourth-order valence-electron chi connectivity index (χ4n) is 2.50. The first kappa shape index (κ1) is 13.6. The summed E-state index contributed by atoms with van der Waals surface area (Å²) in [5.74, 6) is 0.512. The van der Waals surface area contributed by atoms with Gasteiger partial charge in [0.25, 0.3) is 0 Å². The Bertz CT molecular complexity index is 427. The van der Waals surface area contributed by atoms with Gasteiger partial charge in [0.2, 0.25) is 0 Å². The van der Waals surface area contributed by atoms with Gasteiger partial charge < -0.3 is 10.1 Å². The van der Waals surface area contributed by atoms with Gasteiger partial charge in [0.05, 0.1) is 11.7 Å². The molecular weight excluding hydrogens is 222 g/mol. The van der Waals surface area contributed by atoms with Crippen LogP contribution in [0.1, 0.15) is 43.6 Å². The molecule has 1 fully saturated rings. The lowest BCUT2D eigenvalue weighted by Crippen LogP contribution is -2.52. The maximum atomic E-state index is 6.39. The van der Waals surface area contributed by atoms with Gasteiger partial charge in [-0.25, -0.2) is 0 Å². The van der Waals surface area contributed by atoms with E-state index in [0.717, 1.165) is 13.1 Å². The Morgan fingerprint density at radius 1 is 1.33 bits per heavy atom. The maximum Gasteiger partial charge on any atom is 0.0960 e. The van der Waals surface area contributed by atoms with Crippen molar-refractivity contribution < 1.29 is 4.74 Å². The molecule has 1 aromatic carbocycles. The van der Waals surface area contributed by atoms with Gasteiger partial charge in [-0.1, -0.05) is 32.0 Å².